The van der Waals surface area contributed by atoms with Gasteiger partial charge < -0.3 is 25.4 Å². The SMILES string of the molecule is CSc1cccc(Nc2ncnc3c2ncn3[C@@H]2O[C@H](CO)[C@@H](O)[C@@]2(C)O)c1. The van der Waals surface area contributed by atoms with E-state index in [-0.39, 0.29) is 0 Å². The van der Waals surface area contributed by atoms with Gasteiger partial charge in [0.2, 0.25) is 0 Å². The molecule has 28 heavy (non-hydrogen) atoms. The third kappa shape index (κ3) is 3.12. The smallest absolute Gasteiger partial charge is 0.168 e. The first kappa shape index (κ1) is 19.1. The van der Waals surface area contributed by atoms with Crippen molar-refractivity contribution in [3.63, 3.8) is 0 Å². The third-order valence-corrected chi connectivity index (χ3v) is 5.60. The predicted octanol–water partition coefficient (Wildman–Crippen LogP) is 1.29. The minimum absolute atomic E-state index is 0.409. The maximum Gasteiger partial charge on any atom is 0.168 e. The van der Waals surface area contributed by atoms with Crippen LogP contribution in [0, 0.1) is 0 Å². The number of aliphatic hydroxyl groups excluding tert-OH is 2. The summed E-state index contributed by atoms with van der Waals surface area (Å²) in [6, 6.07) is 7.90. The molecule has 1 aromatic carbocycles. The molecule has 10 heteroatoms. The van der Waals surface area contributed by atoms with Gasteiger partial charge in [-0.15, -0.1) is 11.8 Å². The largest absolute Gasteiger partial charge is 0.394 e. The summed E-state index contributed by atoms with van der Waals surface area (Å²) in [5.41, 5.74) is 0.181. The van der Waals surface area contributed by atoms with Gasteiger partial charge in [-0.3, -0.25) is 4.57 Å². The number of aromatic nitrogens is 4. The fraction of sp³-hybridized carbons (Fsp3) is 0.389. The summed E-state index contributed by atoms with van der Waals surface area (Å²) in [6.45, 7) is 1.05. The van der Waals surface area contributed by atoms with Gasteiger partial charge in [-0.05, 0) is 31.4 Å². The molecule has 9 nitrogen and oxygen atoms in total. The summed E-state index contributed by atoms with van der Waals surface area (Å²) >= 11 is 1.64. The Morgan fingerprint density at radius 3 is 2.86 bits per heavy atom. The number of hydrogen-bond donors (Lipinski definition) is 4. The lowest BCUT2D eigenvalue weighted by molar-refractivity contribution is -0.0950. The number of nitrogens with zero attached hydrogens (tertiary/aromatic N) is 4. The third-order valence-electron chi connectivity index (χ3n) is 4.88. The molecule has 4 rings (SSSR count). The molecule has 3 heterocycles. The van der Waals surface area contributed by atoms with Crippen molar-refractivity contribution in [1.82, 2.24) is 19.5 Å². The first-order valence-corrected chi connectivity index (χ1v) is 9.93. The van der Waals surface area contributed by atoms with E-state index in [0.717, 1.165) is 10.6 Å². The van der Waals surface area contributed by atoms with Crippen LogP contribution in [0.25, 0.3) is 11.2 Å². The minimum Gasteiger partial charge on any atom is -0.394 e. The van der Waals surface area contributed by atoms with Crippen molar-refractivity contribution in [2.45, 2.75) is 35.9 Å². The average Bonchev–Trinajstić information content (AvgIpc) is 3.22. The second-order valence-corrected chi connectivity index (χ2v) is 7.66. The van der Waals surface area contributed by atoms with Crippen LogP contribution in [0.5, 0.6) is 0 Å². The van der Waals surface area contributed by atoms with Crippen molar-refractivity contribution < 1.29 is 20.1 Å². The Morgan fingerprint density at radius 2 is 2.14 bits per heavy atom. The van der Waals surface area contributed by atoms with Gasteiger partial charge in [0.1, 0.15) is 24.1 Å². The number of thioether (sulfide) groups is 1. The van der Waals surface area contributed by atoms with Crippen molar-refractivity contribution in [2.75, 3.05) is 18.2 Å². The molecule has 1 aliphatic heterocycles. The zero-order valence-electron chi connectivity index (χ0n) is 15.4. The summed E-state index contributed by atoms with van der Waals surface area (Å²) in [5.74, 6) is 0.513. The monoisotopic (exact) mass is 403 g/mol. The van der Waals surface area contributed by atoms with Crippen LogP contribution < -0.4 is 5.32 Å². The normalized spacial score (nSPS) is 27.4. The van der Waals surface area contributed by atoms with Gasteiger partial charge >= 0.3 is 0 Å². The lowest BCUT2D eigenvalue weighted by atomic mass is 9.96. The molecule has 1 fully saturated rings. The number of benzene rings is 1. The van der Waals surface area contributed by atoms with Gasteiger partial charge in [-0.1, -0.05) is 6.07 Å². The molecule has 0 aliphatic carbocycles. The zero-order chi connectivity index (χ0) is 19.9. The van der Waals surface area contributed by atoms with Crippen molar-refractivity contribution in [3.8, 4) is 0 Å². The van der Waals surface area contributed by atoms with Gasteiger partial charge in [0.15, 0.2) is 23.2 Å². The number of fused-ring (bicyclic) bond motifs is 1. The molecule has 0 spiro atoms. The topological polar surface area (TPSA) is 126 Å². The number of nitrogens with one attached hydrogen (secondary N) is 1. The highest BCUT2D eigenvalue weighted by atomic mass is 32.2. The predicted molar refractivity (Wildman–Crippen MR) is 104 cm³/mol. The Morgan fingerprint density at radius 1 is 1.32 bits per heavy atom. The first-order chi connectivity index (χ1) is 13.5. The quantitative estimate of drug-likeness (QED) is 0.466. The number of ether oxygens (including phenoxy) is 1. The Kier molecular flexibility index (Phi) is 4.98. The summed E-state index contributed by atoms with van der Waals surface area (Å²) in [4.78, 5) is 14.0. The van der Waals surface area contributed by atoms with Crippen LogP contribution in [-0.2, 0) is 4.74 Å². The summed E-state index contributed by atoms with van der Waals surface area (Å²) < 4.78 is 7.21. The van der Waals surface area contributed by atoms with E-state index in [0.29, 0.717) is 17.0 Å². The number of hydrogen-bond acceptors (Lipinski definition) is 9. The van der Waals surface area contributed by atoms with Crippen molar-refractivity contribution in [1.29, 1.82) is 0 Å². The highest BCUT2D eigenvalue weighted by molar-refractivity contribution is 7.98. The summed E-state index contributed by atoms with van der Waals surface area (Å²) in [6.07, 6.45) is 1.79. The molecular weight excluding hydrogens is 382 g/mol. The molecule has 0 amide bonds. The number of aliphatic hydroxyl groups is 3. The van der Waals surface area contributed by atoms with Crippen LogP contribution in [0.1, 0.15) is 13.2 Å². The van der Waals surface area contributed by atoms with E-state index < -0.39 is 30.6 Å². The summed E-state index contributed by atoms with van der Waals surface area (Å²) in [5, 5.41) is 33.6. The van der Waals surface area contributed by atoms with Crippen LogP contribution in [0.2, 0.25) is 0 Å². The van der Waals surface area contributed by atoms with Gasteiger partial charge in [0.25, 0.3) is 0 Å². The molecule has 0 bridgehead atoms. The second kappa shape index (κ2) is 7.30. The van der Waals surface area contributed by atoms with E-state index in [2.05, 4.69) is 20.3 Å². The highest BCUT2D eigenvalue weighted by Crippen LogP contribution is 2.39. The van der Waals surface area contributed by atoms with Gasteiger partial charge in [0, 0.05) is 10.6 Å². The number of rotatable bonds is 5. The molecule has 4 atom stereocenters. The van der Waals surface area contributed by atoms with Gasteiger partial charge in [-0.25, -0.2) is 15.0 Å². The second-order valence-electron chi connectivity index (χ2n) is 6.78. The zero-order valence-corrected chi connectivity index (χ0v) is 16.2. The van der Waals surface area contributed by atoms with E-state index in [4.69, 9.17) is 4.74 Å². The fourth-order valence-corrected chi connectivity index (χ4v) is 3.80. The van der Waals surface area contributed by atoms with Crippen LogP contribution in [0.4, 0.5) is 11.5 Å². The number of imidazole rings is 1. The molecule has 3 aromatic rings. The van der Waals surface area contributed by atoms with E-state index in [1.165, 1.54) is 19.6 Å². The van der Waals surface area contributed by atoms with Crippen molar-refractivity contribution in [3.05, 3.63) is 36.9 Å². The molecule has 0 unspecified atom stereocenters. The van der Waals surface area contributed by atoms with Crippen LogP contribution >= 0.6 is 11.8 Å². The molecule has 148 valence electrons. The van der Waals surface area contributed by atoms with E-state index in [1.807, 2.05) is 30.5 Å². The summed E-state index contributed by atoms with van der Waals surface area (Å²) in [7, 11) is 0. The fourth-order valence-electron chi connectivity index (χ4n) is 3.34. The standard InChI is InChI=1S/C18H21N5O4S/c1-18(26)14(25)12(7-24)27-17(18)23-9-21-13-15(19-8-20-16(13)23)22-10-4-3-5-11(6-10)28-2/h3-6,8-9,12,14,17,24-26H,7H2,1-2H3,(H,19,20,22)/t12-,14-,17-,18-/m1/s1. The van der Waals surface area contributed by atoms with Crippen LogP contribution in [0.15, 0.2) is 41.8 Å². The first-order valence-electron chi connectivity index (χ1n) is 8.71. The Balaban J connectivity index is 1.71. The van der Waals surface area contributed by atoms with E-state index >= 15 is 0 Å². The van der Waals surface area contributed by atoms with Crippen LogP contribution in [-0.4, -0.2) is 65.5 Å². The van der Waals surface area contributed by atoms with Gasteiger partial charge in [-0.2, -0.15) is 0 Å². The highest BCUT2D eigenvalue weighted by Gasteiger charge is 2.53. The molecule has 0 radical (unpaired) electrons. The van der Waals surface area contributed by atoms with E-state index in [1.54, 1.807) is 16.3 Å². The molecule has 1 saturated heterocycles. The lowest BCUT2D eigenvalue weighted by Gasteiger charge is -2.27. The van der Waals surface area contributed by atoms with Crippen molar-refractivity contribution in [2.24, 2.45) is 0 Å². The molecule has 4 N–H and O–H groups in total. The van der Waals surface area contributed by atoms with Gasteiger partial charge in [0.05, 0.1) is 12.9 Å². The van der Waals surface area contributed by atoms with E-state index in [9.17, 15) is 15.3 Å². The van der Waals surface area contributed by atoms with Crippen molar-refractivity contribution >= 4 is 34.4 Å². The Bertz CT molecular complexity index is 995. The van der Waals surface area contributed by atoms with Crippen LogP contribution in [0.3, 0.4) is 0 Å². The lowest BCUT2D eigenvalue weighted by Crippen LogP contribution is -2.44. The molecule has 1 aliphatic rings. The average molecular weight is 403 g/mol. The Hall–Kier alpha value is -2.24. The molecule has 2 aromatic heterocycles. The molecular formula is C18H21N5O4S. The number of anilines is 2. The molecule has 0 saturated carbocycles. The maximum atomic E-state index is 10.7. The minimum atomic E-state index is -1.62. The Labute approximate surface area is 165 Å². The maximum absolute atomic E-state index is 10.7.